The predicted molar refractivity (Wildman–Crippen MR) is 128 cm³/mol. The van der Waals surface area contributed by atoms with Crippen molar-refractivity contribution in [3.63, 3.8) is 0 Å². The summed E-state index contributed by atoms with van der Waals surface area (Å²) in [4.78, 5) is 30.7. The van der Waals surface area contributed by atoms with E-state index in [1.54, 1.807) is 28.6 Å². The summed E-state index contributed by atoms with van der Waals surface area (Å²) < 4.78 is 29.1. The van der Waals surface area contributed by atoms with Crippen LogP contribution in [0.3, 0.4) is 0 Å². The lowest BCUT2D eigenvalue weighted by Gasteiger charge is -2.21. The van der Waals surface area contributed by atoms with Gasteiger partial charge in [0.05, 0.1) is 4.90 Å². The molecule has 0 bridgehead atoms. The summed E-state index contributed by atoms with van der Waals surface area (Å²) in [5.74, 6) is -0.577. The van der Waals surface area contributed by atoms with Gasteiger partial charge >= 0.3 is 0 Å². The zero-order valence-corrected chi connectivity index (χ0v) is 19.8. The number of anilines is 2. The second kappa shape index (κ2) is 9.42. The molecule has 2 N–H and O–H groups in total. The SMILES string of the molecule is CC(=O)N1c2ccc(S(=O)(=O)NC(Cc3ccccc3)C(=O)Nc3nccs3)cc2CC1C. The van der Waals surface area contributed by atoms with Gasteiger partial charge in [0.15, 0.2) is 5.13 Å². The minimum atomic E-state index is -4.01. The molecular formula is C23H24N4O4S2. The van der Waals surface area contributed by atoms with Crippen molar-refractivity contribution in [2.45, 2.75) is 43.7 Å². The van der Waals surface area contributed by atoms with E-state index in [0.717, 1.165) is 16.8 Å². The Morgan fingerprint density at radius 3 is 2.64 bits per heavy atom. The van der Waals surface area contributed by atoms with Crippen molar-refractivity contribution in [3.05, 3.63) is 71.2 Å². The molecule has 2 atom stereocenters. The van der Waals surface area contributed by atoms with Crippen LogP contribution in [0.15, 0.2) is 65.0 Å². The maximum Gasteiger partial charge on any atom is 0.244 e. The number of benzene rings is 2. The Hall–Kier alpha value is -3.08. The second-order valence-electron chi connectivity index (χ2n) is 7.92. The third-order valence-electron chi connectivity index (χ3n) is 5.48. The van der Waals surface area contributed by atoms with Gasteiger partial charge in [0.1, 0.15) is 6.04 Å². The number of nitrogens with zero attached hydrogens (tertiary/aromatic N) is 2. The highest BCUT2D eigenvalue weighted by Crippen LogP contribution is 2.34. The van der Waals surface area contributed by atoms with Crippen molar-refractivity contribution in [3.8, 4) is 0 Å². The molecule has 4 rings (SSSR count). The summed E-state index contributed by atoms with van der Waals surface area (Å²) in [7, 11) is -4.01. The van der Waals surface area contributed by atoms with E-state index in [2.05, 4.69) is 15.0 Å². The molecule has 172 valence electrons. The Balaban J connectivity index is 1.60. The molecule has 10 heteroatoms. The molecular weight excluding hydrogens is 460 g/mol. The van der Waals surface area contributed by atoms with E-state index in [4.69, 9.17) is 0 Å². The van der Waals surface area contributed by atoms with E-state index in [1.165, 1.54) is 24.3 Å². The second-order valence-corrected chi connectivity index (χ2v) is 10.5. The molecule has 1 aliphatic rings. The highest BCUT2D eigenvalue weighted by Gasteiger charge is 2.32. The smallest absolute Gasteiger partial charge is 0.244 e. The number of rotatable bonds is 7. The number of hydrogen-bond acceptors (Lipinski definition) is 6. The monoisotopic (exact) mass is 484 g/mol. The van der Waals surface area contributed by atoms with E-state index < -0.39 is 22.0 Å². The van der Waals surface area contributed by atoms with Crippen LogP contribution in [0, 0.1) is 0 Å². The highest BCUT2D eigenvalue weighted by molar-refractivity contribution is 7.89. The van der Waals surface area contributed by atoms with Crippen LogP contribution in [-0.4, -0.2) is 37.3 Å². The Morgan fingerprint density at radius 1 is 1.21 bits per heavy atom. The quantitative estimate of drug-likeness (QED) is 0.536. The minimum Gasteiger partial charge on any atom is -0.309 e. The fourth-order valence-corrected chi connectivity index (χ4v) is 5.80. The molecule has 0 aliphatic carbocycles. The van der Waals surface area contributed by atoms with Crippen molar-refractivity contribution in [1.29, 1.82) is 0 Å². The summed E-state index contributed by atoms with van der Waals surface area (Å²) in [5, 5.41) is 4.80. The van der Waals surface area contributed by atoms with Gasteiger partial charge in [-0.15, -0.1) is 11.3 Å². The van der Waals surface area contributed by atoms with Gasteiger partial charge in [-0.1, -0.05) is 30.3 Å². The standard InChI is InChI=1S/C23H24N4O4S2/c1-15-12-18-14-19(8-9-21(18)27(15)16(2)28)33(30,31)26-20(13-17-6-4-3-5-7-17)22(29)25-23-24-10-11-32-23/h3-11,14-15,20,26H,12-13H2,1-2H3,(H,24,25,29). The number of thiazole rings is 1. The molecule has 2 amide bonds. The van der Waals surface area contributed by atoms with Crippen molar-refractivity contribution >= 4 is 44.0 Å². The third-order valence-corrected chi connectivity index (χ3v) is 7.63. The summed E-state index contributed by atoms with van der Waals surface area (Å²) in [6.45, 7) is 3.42. The number of hydrogen-bond donors (Lipinski definition) is 2. The summed E-state index contributed by atoms with van der Waals surface area (Å²) in [5.41, 5.74) is 2.32. The van der Waals surface area contributed by atoms with E-state index in [1.807, 2.05) is 37.3 Å². The number of fused-ring (bicyclic) bond motifs is 1. The van der Waals surface area contributed by atoms with Crippen LogP contribution in [0.25, 0.3) is 0 Å². The van der Waals surface area contributed by atoms with Crippen molar-refractivity contribution in [2.75, 3.05) is 10.2 Å². The van der Waals surface area contributed by atoms with Gasteiger partial charge in [-0.05, 0) is 49.1 Å². The molecule has 8 nitrogen and oxygen atoms in total. The van der Waals surface area contributed by atoms with Crippen LogP contribution < -0.4 is 14.9 Å². The van der Waals surface area contributed by atoms with Crippen molar-refractivity contribution in [1.82, 2.24) is 9.71 Å². The molecule has 0 saturated heterocycles. The van der Waals surface area contributed by atoms with Gasteiger partial charge in [-0.25, -0.2) is 13.4 Å². The number of carbonyl (C=O) groups excluding carboxylic acids is 2. The lowest BCUT2D eigenvalue weighted by atomic mass is 10.1. The first-order valence-corrected chi connectivity index (χ1v) is 12.8. The molecule has 0 spiro atoms. The van der Waals surface area contributed by atoms with E-state index in [9.17, 15) is 18.0 Å². The fourth-order valence-electron chi connectivity index (χ4n) is 4.03. The van der Waals surface area contributed by atoms with Gasteiger partial charge in [-0.3, -0.25) is 9.59 Å². The Morgan fingerprint density at radius 2 is 1.97 bits per heavy atom. The van der Waals surface area contributed by atoms with E-state index in [0.29, 0.717) is 11.6 Å². The van der Waals surface area contributed by atoms with Gasteiger partial charge < -0.3 is 10.2 Å². The topological polar surface area (TPSA) is 108 Å². The van der Waals surface area contributed by atoms with Gasteiger partial charge in [0.25, 0.3) is 0 Å². The summed E-state index contributed by atoms with van der Waals surface area (Å²) in [6.07, 6.45) is 2.31. The van der Waals surface area contributed by atoms with Crippen molar-refractivity contribution in [2.24, 2.45) is 0 Å². The number of nitrogens with one attached hydrogen (secondary N) is 2. The molecule has 3 aromatic rings. The van der Waals surface area contributed by atoms with Crippen LogP contribution in [0.2, 0.25) is 0 Å². The molecule has 2 aromatic carbocycles. The molecule has 1 aliphatic heterocycles. The predicted octanol–water partition coefficient (Wildman–Crippen LogP) is 2.97. The number of amides is 2. The van der Waals surface area contributed by atoms with Gasteiger partial charge in [0, 0.05) is 30.2 Å². The fraction of sp³-hybridized carbons (Fsp3) is 0.261. The van der Waals surface area contributed by atoms with Gasteiger partial charge in [0.2, 0.25) is 21.8 Å². The largest absolute Gasteiger partial charge is 0.309 e. The summed E-state index contributed by atoms with van der Waals surface area (Å²) in [6, 6.07) is 12.8. The lowest BCUT2D eigenvalue weighted by Crippen LogP contribution is -2.45. The zero-order valence-electron chi connectivity index (χ0n) is 18.2. The average molecular weight is 485 g/mol. The lowest BCUT2D eigenvalue weighted by molar-refractivity contribution is -0.118. The van der Waals surface area contributed by atoms with E-state index in [-0.39, 0.29) is 23.3 Å². The van der Waals surface area contributed by atoms with Crippen LogP contribution in [-0.2, 0) is 32.5 Å². The Bertz CT molecular complexity index is 1260. The first-order chi connectivity index (χ1) is 15.7. The molecule has 1 aromatic heterocycles. The first-order valence-electron chi connectivity index (χ1n) is 10.4. The molecule has 0 fully saturated rings. The number of aromatic nitrogens is 1. The normalized spacial score (nSPS) is 16.3. The van der Waals surface area contributed by atoms with Crippen molar-refractivity contribution < 1.29 is 18.0 Å². The molecule has 0 saturated carbocycles. The molecule has 2 unspecified atom stereocenters. The van der Waals surface area contributed by atoms with Crippen LogP contribution >= 0.6 is 11.3 Å². The third kappa shape index (κ3) is 5.13. The number of carbonyl (C=O) groups is 2. The molecule has 2 heterocycles. The maximum absolute atomic E-state index is 13.3. The first kappa shape index (κ1) is 23.1. The Labute approximate surface area is 196 Å². The number of sulfonamides is 1. The molecule has 0 radical (unpaired) electrons. The van der Waals surface area contributed by atoms with Crippen LogP contribution in [0.1, 0.15) is 25.0 Å². The Kier molecular flexibility index (Phi) is 6.59. The van der Waals surface area contributed by atoms with Crippen LogP contribution in [0.4, 0.5) is 10.8 Å². The summed E-state index contributed by atoms with van der Waals surface area (Å²) >= 11 is 1.25. The zero-order chi connectivity index (χ0) is 23.6. The van der Waals surface area contributed by atoms with E-state index >= 15 is 0 Å². The highest BCUT2D eigenvalue weighted by atomic mass is 32.2. The van der Waals surface area contributed by atoms with Crippen LogP contribution in [0.5, 0.6) is 0 Å². The van der Waals surface area contributed by atoms with Gasteiger partial charge in [-0.2, -0.15) is 4.72 Å². The molecule has 33 heavy (non-hydrogen) atoms. The average Bonchev–Trinajstić information content (AvgIpc) is 3.39. The maximum atomic E-state index is 13.3. The minimum absolute atomic E-state index is 0.0432.